The summed E-state index contributed by atoms with van der Waals surface area (Å²) in [6.45, 7) is 14.5. The molecule has 14 heteroatoms. The fraction of sp³-hybridized carbons (Fsp3) is 0.378. The van der Waals surface area contributed by atoms with E-state index < -0.39 is 24.0 Å². The molecule has 1 atom stereocenters. The number of ether oxygens (including phenoxy) is 3. The Bertz CT molecular complexity index is 1880. The summed E-state index contributed by atoms with van der Waals surface area (Å²) in [5.74, 6) is -0.980. The quantitative estimate of drug-likeness (QED) is 0.0554. The molecule has 0 aromatic heterocycles. The lowest BCUT2D eigenvalue weighted by molar-refractivity contribution is -0.122. The molecule has 0 radical (unpaired) electrons. The number of hydrogen-bond acceptors (Lipinski definition) is 10. The molecule has 0 saturated heterocycles. The maximum absolute atomic E-state index is 12.4. The van der Waals surface area contributed by atoms with Crippen molar-refractivity contribution in [2.45, 2.75) is 93.1 Å². The van der Waals surface area contributed by atoms with Crippen LogP contribution >= 0.6 is 17.1 Å². The lowest BCUT2D eigenvalue weighted by atomic mass is 10.1. The lowest BCUT2D eigenvalue weighted by Gasteiger charge is -2.19. The van der Waals surface area contributed by atoms with Gasteiger partial charge in [0.05, 0.1) is 29.9 Å². The van der Waals surface area contributed by atoms with E-state index in [-0.39, 0.29) is 39.7 Å². The van der Waals surface area contributed by atoms with Gasteiger partial charge in [-0.2, -0.15) is 0 Å². The zero-order valence-corrected chi connectivity index (χ0v) is 36.8. The number of amides is 1. The van der Waals surface area contributed by atoms with E-state index in [0.717, 1.165) is 55.0 Å². The minimum Gasteiger partial charge on any atom is -0.480 e. The van der Waals surface area contributed by atoms with Crippen LogP contribution < -0.4 is 14.6 Å². The summed E-state index contributed by atoms with van der Waals surface area (Å²) in [4.78, 5) is 47.3. The molecular weight excluding hydrogens is 792 g/mol. The minimum atomic E-state index is -1.04. The van der Waals surface area contributed by atoms with Gasteiger partial charge in [0.15, 0.2) is 14.6 Å². The first kappa shape index (κ1) is 51.6. The van der Waals surface area contributed by atoms with E-state index in [4.69, 9.17) is 23.8 Å². The third kappa shape index (κ3) is 21.2. The van der Waals surface area contributed by atoms with Gasteiger partial charge in [0.1, 0.15) is 11.5 Å². The zero-order valence-electron chi connectivity index (χ0n) is 35.0. The number of carboxylic acids is 1. The molecule has 1 unspecified atom stereocenters. The van der Waals surface area contributed by atoms with Gasteiger partial charge >= 0.3 is 26.6 Å². The fourth-order valence-electron chi connectivity index (χ4n) is 4.78. The molecule has 1 amide bonds. The summed E-state index contributed by atoms with van der Waals surface area (Å²) in [5.41, 5.74) is 4.28. The van der Waals surface area contributed by atoms with Crippen molar-refractivity contribution in [1.29, 1.82) is 0 Å². The largest absolute Gasteiger partial charge is 0.480 e. The monoisotopic (exact) mass is 849 g/mol. The second kappa shape index (κ2) is 30.6. The van der Waals surface area contributed by atoms with Crippen LogP contribution in [-0.4, -0.2) is 54.4 Å². The molecule has 0 bridgehead atoms. The number of anilines is 1. The predicted octanol–water partition coefficient (Wildman–Crippen LogP) is 11.7. The average Bonchev–Trinajstić information content (AvgIpc) is 3.22. The minimum absolute atomic E-state index is 0.121. The van der Waals surface area contributed by atoms with Gasteiger partial charge < -0.3 is 29.2 Å². The molecule has 0 spiro atoms. The summed E-state index contributed by atoms with van der Waals surface area (Å²) in [7, 11) is -0.0228. The van der Waals surface area contributed by atoms with Crippen molar-refractivity contribution in [2.24, 2.45) is 0 Å². The number of unbranched alkanes of at least 4 members (excludes halogenated alkanes) is 2. The van der Waals surface area contributed by atoms with Crippen molar-refractivity contribution in [3.05, 3.63) is 124 Å². The molecule has 0 fully saturated rings. The van der Waals surface area contributed by atoms with Crippen LogP contribution in [0.25, 0.3) is 0 Å². The molecule has 0 aliphatic heterocycles. The molecule has 4 aromatic carbocycles. The van der Waals surface area contributed by atoms with Gasteiger partial charge in [0.2, 0.25) is 0 Å². The van der Waals surface area contributed by atoms with Gasteiger partial charge in [-0.3, -0.25) is 9.36 Å². The van der Waals surface area contributed by atoms with Gasteiger partial charge in [-0.1, -0.05) is 88.6 Å². The third-order valence-corrected chi connectivity index (χ3v) is 8.83. The molecule has 4 rings (SSSR count). The zero-order chi connectivity index (χ0) is 44.0. The number of carbonyl (C=O) groups excluding carboxylic acids is 3. The number of aromatic carboxylic acids is 1. The third-order valence-electron chi connectivity index (χ3n) is 7.92. The molecule has 0 heterocycles. The van der Waals surface area contributed by atoms with Crippen molar-refractivity contribution in [1.82, 2.24) is 0 Å². The average molecular weight is 850 g/mol. The molecule has 318 valence electrons. The van der Waals surface area contributed by atoms with E-state index in [1.807, 2.05) is 84.9 Å². The van der Waals surface area contributed by atoms with Crippen LogP contribution in [0, 0.1) is 20.8 Å². The Morgan fingerprint density at radius 1 is 0.695 bits per heavy atom. The second-order valence-corrected chi connectivity index (χ2v) is 14.1. The van der Waals surface area contributed by atoms with E-state index >= 15 is 0 Å². The Kier molecular flexibility index (Phi) is 26.8. The van der Waals surface area contributed by atoms with Crippen molar-refractivity contribution < 1.29 is 52.1 Å². The van der Waals surface area contributed by atoms with Crippen LogP contribution in [0.4, 0.5) is 5.69 Å². The Hall–Kier alpha value is -5.44. The molecular formula is C45H57NO11P2. The maximum atomic E-state index is 12.4. The number of hydrogen-bond donors (Lipinski definition) is 2. The smallest absolute Gasteiger partial charge is 0.395 e. The highest BCUT2D eigenvalue weighted by atomic mass is 31.1. The highest BCUT2D eigenvalue weighted by Crippen LogP contribution is 2.22. The van der Waals surface area contributed by atoms with Crippen LogP contribution in [0.2, 0.25) is 0 Å². The van der Waals surface area contributed by atoms with E-state index in [1.165, 1.54) is 12.1 Å². The predicted molar refractivity (Wildman–Crippen MR) is 232 cm³/mol. The van der Waals surface area contributed by atoms with Gasteiger partial charge in [0.25, 0.3) is 5.91 Å². The molecule has 0 saturated carbocycles. The van der Waals surface area contributed by atoms with Crippen LogP contribution in [0.1, 0.15) is 114 Å². The Labute approximate surface area is 351 Å². The normalized spacial score (nSPS) is 10.6. The van der Waals surface area contributed by atoms with Crippen molar-refractivity contribution in [2.75, 3.05) is 24.7 Å². The van der Waals surface area contributed by atoms with Gasteiger partial charge in [0, 0.05) is 11.8 Å². The molecule has 12 nitrogen and oxygen atoms in total. The van der Waals surface area contributed by atoms with E-state index in [1.54, 1.807) is 42.5 Å². The van der Waals surface area contributed by atoms with Crippen LogP contribution in [-0.2, 0) is 23.4 Å². The summed E-state index contributed by atoms with van der Waals surface area (Å²) < 4.78 is 40.3. The molecule has 59 heavy (non-hydrogen) atoms. The lowest BCUT2D eigenvalue weighted by Crippen LogP contribution is -2.32. The maximum Gasteiger partial charge on any atom is 0.395 e. The Morgan fingerprint density at radius 2 is 1.29 bits per heavy atom. The van der Waals surface area contributed by atoms with E-state index in [0.29, 0.717) is 36.8 Å². The number of aryl methyl sites for hydroxylation is 3. The van der Waals surface area contributed by atoms with Gasteiger partial charge in [-0.25, -0.2) is 18.9 Å². The van der Waals surface area contributed by atoms with Crippen molar-refractivity contribution >= 4 is 46.6 Å². The molecule has 0 aliphatic rings. The summed E-state index contributed by atoms with van der Waals surface area (Å²) >= 11 is 0. The van der Waals surface area contributed by atoms with Crippen LogP contribution in [0.5, 0.6) is 11.5 Å². The summed E-state index contributed by atoms with van der Waals surface area (Å²) in [6, 6.07) is 25.9. The number of nitrogens with one attached hydrogen (secondary N) is 1. The molecule has 0 aliphatic carbocycles. The molecule has 4 aromatic rings. The first-order chi connectivity index (χ1) is 28.3. The first-order valence-corrected chi connectivity index (χ1v) is 21.2. The first-order valence-electron chi connectivity index (χ1n) is 19.5. The SMILES string of the molecule is CCC(Oc1ccc(C)cc1C)C(=O)Nc1cccc(C(=O)O)c1.CCCCOC(=O)c1ccccc1C(=O)OCCCC.CCCP=O.Cc1cccc(OP=O)c1. The van der Waals surface area contributed by atoms with E-state index in [9.17, 15) is 28.3 Å². The Balaban J connectivity index is 0.000000444. The second-order valence-electron chi connectivity index (χ2n) is 13.0. The highest BCUT2D eigenvalue weighted by Gasteiger charge is 2.20. The van der Waals surface area contributed by atoms with Crippen molar-refractivity contribution in [3.8, 4) is 11.5 Å². The summed E-state index contributed by atoms with van der Waals surface area (Å²) in [5, 5.41) is 11.7. The van der Waals surface area contributed by atoms with Gasteiger partial charge in [-0.15, -0.1) is 0 Å². The Morgan fingerprint density at radius 3 is 1.76 bits per heavy atom. The van der Waals surface area contributed by atoms with Crippen LogP contribution in [0.3, 0.4) is 0 Å². The van der Waals surface area contributed by atoms with E-state index in [2.05, 4.69) is 5.32 Å². The number of carbonyl (C=O) groups is 4. The number of benzene rings is 4. The summed E-state index contributed by atoms with van der Waals surface area (Å²) in [6.07, 6.45) is 5.20. The van der Waals surface area contributed by atoms with Gasteiger partial charge in [-0.05, 0) is 106 Å². The number of esters is 2. The number of rotatable bonds is 18. The highest BCUT2D eigenvalue weighted by molar-refractivity contribution is 7.23. The number of carboxylic acid groups (broad SMARTS) is 1. The fourth-order valence-corrected chi connectivity index (χ4v) is 5.16. The standard InChI is InChI=1S/C19H21NO4.C16H22O4.C7H7O2P.C3H7OP/c1-4-16(24-17-9-8-12(2)10-13(17)3)18(21)20-15-7-5-6-14(11-15)19(22)23;1-3-5-11-19-15(17)13-9-7-8-10-14(13)16(18)20-12-6-4-2;1-6-3-2-4-7(5-6)9-10-8;1-2-3-5-4/h5-11,16H,4H2,1-3H3,(H,20,21)(H,22,23);7-10H,3-6,11-12H2,1-2H3;2-5H,1H3;2-3H2,1H3. The van der Waals surface area contributed by atoms with Crippen molar-refractivity contribution in [3.63, 3.8) is 0 Å². The topological polar surface area (TPSA) is 172 Å². The van der Waals surface area contributed by atoms with Crippen LogP contribution in [0.15, 0.2) is 91.0 Å². The molecule has 2 N–H and O–H groups in total.